The van der Waals surface area contributed by atoms with Crippen LogP contribution in [0.1, 0.15) is 52.5 Å². The zero-order chi connectivity index (χ0) is 25.9. The first-order valence-corrected chi connectivity index (χ1v) is 12.0. The molecule has 2 aromatic heterocycles. The van der Waals surface area contributed by atoms with E-state index in [1.54, 1.807) is 19.1 Å². The molecule has 3 aromatic rings. The Balaban J connectivity index is 1.41. The summed E-state index contributed by atoms with van der Waals surface area (Å²) < 4.78 is 47.3. The van der Waals surface area contributed by atoms with E-state index in [0.29, 0.717) is 23.7 Å². The Morgan fingerprint density at radius 2 is 1.81 bits per heavy atom. The summed E-state index contributed by atoms with van der Waals surface area (Å²) in [5, 5.41) is 9.31. The molecule has 0 aliphatic carbocycles. The van der Waals surface area contributed by atoms with Crippen molar-refractivity contribution in [2.24, 2.45) is 0 Å². The van der Waals surface area contributed by atoms with Crippen LogP contribution in [0, 0.1) is 32.1 Å². The van der Waals surface area contributed by atoms with Gasteiger partial charge in [-0.3, -0.25) is 9.88 Å². The molecule has 36 heavy (non-hydrogen) atoms. The van der Waals surface area contributed by atoms with Crippen LogP contribution >= 0.6 is 0 Å². The molecule has 0 saturated carbocycles. The predicted molar refractivity (Wildman–Crippen MR) is 132 cm³/mol. The summed E-state index contributed by atoms with van der Waals surface area (Å²) >= 11 is 0. The van der Waals surface area contributed by atoms with Gasteiger partial charge in [-0.25, -0.2) is 4.98 Å². The lowest BCUT2D eigenvalue weighted by Gasteiger charge is -2.31. The maximum Gasteiger partial charge on any atom is 0.419 e. The highest BCUT2D eigenvalue weighted by molar-refractivity contribution is 5.64. The highest BCUT2D eigenvalue weighted by atomic mass is 19.4. The van der Waals surface area contributed by atoms with Crippen LogP contribution in [-0.2, 0) is 6.18 Å². The molecule has 1 fully saturated rings. The Hall–Kier alpha value is -3.44. The molecular weight excluding hydrogens is 465 g/mol. The van der Waals surface area contributed by atoms with Crippen LogP contribution in [0.5, 0.6) is 5.75 Å². The number of nitrogens with zero attached hydrogens (tertiary/aromatic N) is 4. The number of alkyl halides is 3. The van der Waals surface area contributed by atoms with Crippen molar-refractivity contribution in [1.82, 2.24) is 14.9 Å². The minimum absolute atomic E-state index is 0.163. The normalized spacial score (nSPS) is 15.0. The monoisotopic (exact) mass is 494 g/mol. The van der Waals surface area contributed by atoms with Crippen molar-refractivity contribution in [2.75, 3.05) is 26.2 Å². The van der Waals surface area contributed by atoms with Crippen LogP contribution < -0.4 is 4.74 Å². The minimum Gasteiger partial charge on any atom is -0.492 e. The van der Waals surface area contributed by atoms with E-state index in [9.17, 15) is 18.4 Å². The van der Waals surface area contributed by atoms with Crippen LogP contribution in [0.15, 0.2) is 42.5 Å². The Labute approximate surface area is 209 Å². The van der Waals surface area contributed by atoms with Crippen molar-refractivity contribution in [3.63, 3.8) is 0 Å². The fraction of sp³-hybridized carbons (Fsp3) is 0.393. The van der Waals surface area contributed by atoms with Crippen molar-refractivity contribution in [3.8, 4) is 23.1 Å². The molecule has 4 rings (SSSR count). The van der Waals surface area contributed by atoms with Gasteiger partial charge in [-0.1, -0.05) is 6.07 Å². The molecule has 3 heterocycles. The fourth-order valence-corrected chi connectivity index (χ4v) is 4.56. The first-order chi connectivity index (χ1) is 17.2. The van der Waals surface area contributed by atoms with Gasteiger partial charge < -0.3 is 4.74 Å². The predicted octanol–water partition coefficient (Wildman–Crippen LogP) is 6.22. The Bertz CT molecular complexity index is 1270. The minimum atomic E-state index is -4.58. The second-order valence-electron chi connectivity index (χ2n) is 9.29. The van der Waals surface area contributed by atoms with Gasteiger partial charge in [0, 0.05) is 29.4 Å². The number of aromatic nitrogens is 2. The van der Waals surface area contributed by atoms with E-state index in [4.69, 9.17) is 4.74 Å². The molecule has 0 unspecified atom stereocenters. The molecule has 0 N–H and O–H groups in total. The summed E-state index contributed by atoms with van der Waals surface area (Å²) in [5.41, 5.74) is 3.63. The quantitative estimate of drug-likeness (QED) is 0.407. The molecule has 0 radical (unpaired) electrons. The smallest absolute Gasteiger partial charge is 0.419 e. The fourth-order valence-electron chi connectivity index (χ4n) is 4.56. The van der Waals surface area contributed by atoms with E-state index >= 15 is 0 Å². The molecule has 188 valence electrons. The summed E-state index contributed by atoms with van der Waals surface area (Å²) in [4.78, 5) is 11.1. The maximum absolute atomic E-state index is 13.9. The van der Waals surface area contributed by atoms with Crippen molar-refractivity contribution in [3.05, 3.63) is 76.2 Å². The Morgan fingerprint density at radius 3 is 2.47 bits per heavy atom. The lowest BCUT2D eigenvalue weighted by molar-refractivity contribution is -0.138. The molecule has 0 spiro atoms. The number of likely N-dealkylation sites (tertiary alicyclic amines) is 1. The number of pyridine rings is 2. The largest absolute Gasteiger partial charge is 0.492 e. The Kier molecular flexibility index (Phi) is 7.60. The first kappa shape index (κ1) is 25.6. The number of hydrogen-bond donors (Lipinski definition) is 0. The first-order valence-electron chi connectivity index (χ1n) is 12.0. The Morgan fingerprint density at radius 1 is 1.06 bits per heavy atom. The highest BCUT2D eigenvalue weighted by Crippen LogP contribution is 2.39. The van der Waals surface area contributed by atoms with E-state index in [1.807, 2.05) is 32.0 Å². The summed E-state index contributed by atoms with van der Waals surface area (Å²) in [6.07, 6.45) is -2.65. The van der Waals surface area contributed by atoms with Gasteiger partial charge in [0.15, 0.2) is 0 Å². The molecular formula is C28H29F3N4O. The number of ether oxygens (including phenoxy) is 1. The molecule has 1 saturated heterocycles. The van der Waals surface area contributed by atoms with Crippen molar-refractivity contribution in [1.29, 1.82) is 5.26 Å². The molecule has 1 aromatic carbocycles. The molecule has 0 bridgehead atoms. The molecule has 5 nitrogen and oxygen atoms in total. The van der Waals surface area contributed by atoms with Crippen LogP contribution in [0.3, 0.4) is 0 Å². The van der Waals surface area contributed by atoms with Crippen molar-refractivity contribution < 1.29 is 17.9 Å². The standard InChI is InChI=1S/C28H29F3N4O/c1-18-15-25(34-26(17-32)20(18)3)22-7-8-27(23(16-22)28(29,30)31)36-14-13-35-11-9-21(10-12-35)24-6-4-5-19(2)33-24/h4-8,15-16,21H,9-14H2,1-3H3. The van der Waals surface area contributed by atoms with Gasteiger partial charge in [0.25, 0.3) is 0 Å². The molecule has 1 aliphatic rings. The average Bonchev–Trinajstić information content (AvgIpc) is 2.85. The summed E-state index contributed by atoms with van der Waals surface area (Å²) in [5.74, 6) is 0.210. The third-order valence-electron chi connectivity index (χ3n) is 6.80. The number of piperidine rings is 1. The lowest BCUT2D eigenvalue weighted by atomic mass is 9.93. The van der Waals surface area contributed by atoms with Crippen LogP contribution in [0.2, 0.25) is 0 Å². The summed E-state index contributed by atoms with van der Waals surface area (Å²) in [7, 11) is 0. The summed E-state index contributed by atoms with van der Waals surface area (Å²) in [6.45, 7) is 7.99. The number of rotatable bonds is 6. The van der Waals surface area contributed by atoms with Gasteiger partial charge in [0.05, 0.1) is 11.3 Å². The lowest BCUT2D eigenvalue weighted by Crippen LogP contribution is -2.36. The number of aryl methyl sites for hydroxylation is 2. The van der Waals surface area contributed by atoms with Crippen LogP contribution in [-0.4, -0.2) is 41.1 Å². The van der Waals surface area contributed by atoms with E-state index in [2.05, 4.69) is 20.9 Å². The van der Waals surface area contributed by atoms with Crippen LogP contribution in [0.25, 0.3) is 11.3 Å². The van der Waals surface area contributed by atoms with E-state index < -0.39 is 11.7 Å². The number of nitriles is 1. The topological polar surface area (TPSA) is 62.0 Å². The van der Waals surface area contributed by atoms with Gasteiger partial charge in [0.1, 0.15) is 24.1 Å². The third-order valence-corrected chi connectivity index (χ3v) is 6.80. The zero-order valence-corrected chi connectivity index (χ0v) is 20.7. The second-order valence-corrected chi connectivity index (χ2v) is 9.29. The summed E-state index contributed by atoms with van der Waals surface area (Å²) in [6, 6.07) is 13.7. The van der Waals surface area contributed by atoms with E-state index in [0.717, 1.165) is 54.5 Å². The van der Waals surface area contributed by atoms with Crippen molar-refractivity contribution >= 4 is 0 Å². The van der Waals surface area contributed by atoms with Gasteiger partial charge in [0.2, 0.25) is 0 Å². The molecule has 0 atom stereocenters. The zero-order valence-electron chi connectivity index (χ0n) is 20.7. The molecule has 0 amide bonds. The van der Waals surface area contributed by atoms with E-state index in [1.165, 1.54) is 6.07 Å². The molecule has 1 aliphatic heterocycles. The van der Waals surface area contributed by atoms with Gasteiger partial charge in [-0.15, -0.1) is 0 Å². The maximum atomic E-state index is 13.9. The van der Waals surface area contributed by atoms with Crippen molar-refractivity contribution in [2.45, 2.75) is 45.7 Å². The average molecular weight is 495 g/mol. The number of halogens is 3. The van der Waals surface area contributed by atoms with Crippen LogP contribution in [0.4, 0.5) is 13.2 Å². The second kappa shape index (κ2) is 10.7. The van der Waals surface area contributed by atoms with Gasteiger partial charge >= 0.3 is 6.18 Å². The van der Waals surface area contributed by atoms with E-state index in [-0.39, 0.29) is 18.1 Å². The number of hydrogen-bond acceptors (Lipinski definition) is 5. The third kappa shape index (κ3) is 5.85. The van der Waals surface area contributed by atoms with Gasteiger partial charge in [-0.05, 0) is 94.2 Å². The SMILES string of the molecule is Cc1cccc(C2CCN(CCOc3ccc(-c4cc(C)c(C)c(C#N)n4)cc3C(F)(F)F)CC2)n1. The highest BCUT2D eigenvalue weighted by Gasteiger charge is 2.35. The van der Waals surface area contributed by atoms with Gasteiger partial charge in [-0.2, -0.15) is 18.4 Å². The number of benzene rings is 1. The molecule has 8 heteroatoms.